The van der Waals surface area contributed by atoms with Crippen LogP contribution in [0.15, 0.2) is 48.5 Å². The second kappa shape index (κ2) is 7.17. The largest absolute Gasteiger partial charge is 0.332 e. The first-order valence-electron chi connectivity index (χ1n) is 8.14. The van der Waals surface area contributed by atoms with Crippen molar-refractivity contribution in [2.24, 2.45) is 0 Å². The van der Waals surface area contributed by atoms with Crippen molar-refractivity contribution in [2.45, 2.75) is 19.9 Å². The highest BCUT2D eigenvalue weighted by Crippen LogP contribution is 2.25. The highest BCUT2D eigenvalue weighted by Gasteiger charge is 2.43. The number of anilines is 2. The maximum Gasteiger partial charge on any atom is 0.332 e. The molecular weight excluding hydrogens is 354 g/mol. The highest BCUT2D eigenvalue weighted by molar-refractivity contribution is 6.31. The van der Waals surface area contributed by atoms with Gasteiger partial charge < -0.3 is 5.32 Å². The Morgan fingerprint density at radius 1 is 1.15 bits per heavy atom. The number of imide groups is 1. The second-order valence-corrected chi connectivity index (χ2v) is 6.53. The number of carbonyl (C=O) groups is 3. The first-order valence-corrected chi connectivity index (χ1v) is 8.52. The lowest BCUT2D eigenvalue weighted by atomic mass is 10.2. The molecule has 6 nitrogen and oxygen atoms in total. The maximum atomic E-state index is 12.7. The zero-order chi connectivity index (χ0) is 18.8. The van der Waals surface area contributed by atoms with E-state index in [0.29, 0.717) is 16.4 Å². The van der Waals surface area contributed by atoms with Crippen LogP contribution in [-0.4, -0.2) is 35.3 Å². The fraction of sp³-hybridized carbons (Fsp3) is 0.211. The van der Waals surface area contributed by atoms with Crippen LogP contribution < -0.4 is 10.2 Å². The van der Waals surface area contributed by atoms with Crippen molar-refractivity contribution in [3.05, 3.63) is 59.1 Å². The quantitative estimate of drug-likeness (QED) is 0.837. The summed E-state index contributed by atoms with van der Waals surface area (Å²) < 4.78 is 0. The van der Waals surface area contributed by atoms with E-state index in [1.165, 1.54) is 4.90 Å². The van der Waals surface area contributed by atoms with Crippen molar-refractivity contribution >= 4 is 40.8 Å². The third kappa shape index (κ3) is 3.41. The summed E-state index contributed by atoms with van der Waals surface area (Å²) in [7, 11) is 0. The molecule has 1 atom stereocenters. The van der Waals surface area contributed by atoms with E-state index in [-0.39, 0.29) is 6.54 Å². The van der Waals surface area contributed by atoms with Gasteiger partial charge in [-0.2, -0.15) is 0 Å². The summed E-state index contributed by atoms with van der Waals surface area (Å²) in [6.45, 7) is 3.13. The molecule has 134 valence electrons. The van der Waals surface area contributed by atoms with Gasteiger partial charge in [0.05, 0.1) is 0 Å². The van der Waals surface area contributed by atoms with E-state index in [4.69, 9.17) is 11.6 Å². The molecule has 1 aliphatic heterocycles. The predicted octanol–water partition coefficient (Wildman–Crippen LogP) is 3.44. The molecule has 4 amide bonds. The molecule has 0 aliphatic carbocycles. The molecule has 1 saturated heterocycles. The number of carbonyl (C=O) groups excluding carboxylic acids is 3. The summed E-state index contributed by atoms with van der Waals surface area (Å²) in [4.78, 5) is 39.8. The van der Waals surface area contributed by atoms with Crippen LogP contribution in [0, 0.1) is 6.92 Å². The normalized spacial score (nSPS) is 17.0. The summed E-state index contributed by atoms with van der Waals surface area (Å²) in [5, 5.41) is 3.19. The molecule has 0 bridgehead atoms. The molecule has 2 aromatic rings. The Hall–Kier alpha value is -2.86. The number of nitrogens with one attached hydrogen (secondary N) is 1. The zero-order valence-electron chi connectivity index (χ0n) is 14.4. The van der Waals surface area contributed by atoms with Crippen molar-refractivity contribution in [1.29, 1.82) is 0 Å². The van der Waals surface area contributed by atoms with E-state index < -0.39 is 23.9 Å². The minimum Gasteiger partial charge on any atom is -0.324 e. The molecule has 1 aliphatic rings. The van der Waals surface area contributed by atoms with Crippen molar-refractivity contribution in [2.75, 3.05) is 16.8 Å². The Labute approximate surface area is 156 Å². The summed E-state index contributed by atoms with van der Waals surface area (Å²) in [5.41, 5.74) is 2.00. The molecule has 1 fully saturated rings. The number of halogens is 1. The molecule has 0 aromatic heterocycles. The molecule has 3 rings (SSSR count). The highest BCUT2D eigenvalue weighted by atomic mass is 35.5. The summed E-state index contributed by atoms with van der Waals surface area (Å²) in [5.74, 6) is -0.865. The molecule has 1 heterocycles. The number of aryl methyl sites for hydroxylation is 1. The lowest BCUT2D eigenvalue weighted by molar-refractivity contribution is -0.130. The molecule has 26 heavy (non-hydrogen) atoms. The Bertz CT molecular complexity index is 870. The number of hydrogen-bond donors (Lipinski definition) is 1. The van der Waals surface area contributed by atoms with Crippen LogP contribution in [0.2, 0.25) is 5.02 Å². The number of nitrogens with zero attached hydrogens (tertiary/aromatic N) is 2. The summed E-state index contributed by atoms with van der Waals surface area (Å²) in [6, 6.07) is 12.9. The second-order valence-electron chi connectivity index (χ2n) is 6.10. The van der Waals surface area contributed by atoms with Crippen LogP contribution in [0.1, 0.15) is 12.5 Å². The number of amides is 4. The number of urea groups is 1. The molecule has 0 saturated carbocycles. The SMILES string of the molecule is Cc1ccc(Cl)cc1NC(=O)CN1C(=O)C(C)N(c2ccccc2)C1=O. The number of para-hydroxylation sites is 1. The monoisotopic (exact) mass is 371 g/mol. The average Bonchev–Trinajstić information content (AvgIpc) is 2.82. The third-order valence-corrected chi connectivity index (χ3v) is 4.49. The zero-order valence-corrected chi connectivity index (χ0v) is 15.2. The standard InChI is InChI=1S/C19H18ClN3O3/c1-12-8-9-14(20)10-16(12)21-17(24)11-22-18(25)13(2)23(19(22)26)15-6-4-3-5-7-15/h3-10,13H,11H2,1-2H3,(H,21,24). The topological polar surface area (TPSA) is 69.7 Å². The van der Waals surface area contributed by atoms with E-state index in [2.05, 4.69) is 5.32 Å². The van der Waals surface area contributed by atoms with E-state index >= 15 is 0 Å². The summed E-state index contributed by atoms with van der Waals surface area (Å²) in [6.07, 6.45) is 0. The van der Waals surface area contributed by atoms with Crippen molar-refractivity contribution in [3.8, 4) is 0 Å². The van der Waals surface area contributed by atoms with E-state index in [9.17, 15) is 14.4 Å². The van der Waals surface area contributed by atoms with Gasteiger partial charge in [0, 0.05) is 16.4 Å². The fourth-order valence-electron chi connectivity index (χ4n) is 2.86. The van der Waals surface area contributed by atoms with Crippen molar-refractivity contribution in [3.63, 3.8) is 0 Å². The maximum absolute atomic E-state index is 12.7. The van der Waals surface area contributed by atoms with Crippen molar-refractivity contribution in [1.82, 2.24) is 4.90 Å². The molecule has 1 unspecified atom stereocenters. The minimum absolute atomic E-state index is 0.350. The molecule has 2 aromatic carbocycles. The van der Waals surface area contributed by atoms with Gasteiger partial charge in [-0.15, -0.1) is 0 Å². The number of benzene rings is 2. The lowest BCUT2D eigenvalue weighted by Crippen LogP contribution is -2.39. The van der Waals surface area contributed by atoms with Gasteiger partial charge in [0.2, 0.25) is 5.91 Å². The van der Waals surface area contributed by atoms with Gasteiger partial charge in [-0.05, 0) is 43.7 Å². The van der Waals surface area contributed by atoms with Crippen LogP contribution in [0.3, 0.4) is 0 Å². The lowest BCUT2D eigenvalue weighted by Gasteiger charge is -2.19. The van der Waals surface area contributed by atoms with Gasteiger partial charge in [-0.3, -0.25) is 19.4 Å². The van der Waals surface area contributed by atoms with E-state index in [1.807, 2.05) is 13.0 Å². The Morgan fingerprint density at radius 2 is 1.85 bits per heavy atom. The Morgan fingerprint density at radius 3 is 2.54 bits per heavy atom. The minimum atomic E-state index is -0.661. The van der Waals surface area contributed by atoms with Crippen LogP contribution in [-0.2, 0) is 9.59 Å². The average molecular weight is 372 g/mol. The van der Waals surface area contributed by atoms with Gasteiger partial charge in [0.15, 0.2) is 0 Å². The van der Waals surface area contributed by atoms with Crippen molar-refractivity contribution < 1.29 is 14.4 Å². The third-order valence-electron chi connectivity index (χ3n) is 4.26. The van der Waals surface area contributed by atoms with Gasteiger partial charge >= 0.3 is 6.03 Å². The van der Waals surface area contributed by atoms with Crippen LogP contribution in [0.5, 0.6) is 0 Å². The van der Waals surface area contributed by atoms with Gasteiger partial charge in [0.1, 0.15) is 12.6 Å². The number of hydrogen-bond acceptors (Lipinski definition) is 3. The first kappa shape index (κ1) is 17.9. The van der Waals surface area contributed by atoms with Gasteiger partial charge in [-0.25, -0.2) is 4.79 Å². The Balaban J connectivity index is 1.75. The van der Waals surface area contributed by atoms with E-state index in [1.54, 1.807) is 49.4 Å². The first-order chi connectivity index (χ1) is 12.4. The molecule has 1 N–H and O–H groups in total. The van der Waals surface area contributed by atoms with Gasteiger partial charge in [-0.1, -0.05) is 35.9 Å². The Kier molecular flexibility index (Phi) is 4.95. The van der Waals surface area contributed by atoms with Crippen LogP contribution in [0.4, 0.5) is 16.2 Å². The van der Waals surface area contributed by atoms with Crippen LogP contribution in [0.25, 0.3) is 0 Å². The molecular formula is C19H18ClN3O3. The van der Waals surface area contributed by atoms with E-state index in [0.717, 1.165) is 10.5 Å². The van der Waals surface area contributed by atoms with Crippen LogP contribution >= 0.6 is 11.6 Å². The smallest absolute Gasteiger partial charge is 0.324 e. The predicted molar refractivity (Wildman–Crippen MR) is 100 cm³/mol. The fourth-order valence-corrected chi connectivity index (χ4v) is 3.03. The summed E-state index contributed by atoms with van der Waals surface area (Å²) >= 11 is 5.95. The number of rotatable bonds is 4. The molecule has 0 spiro atoms. The van der Waals surface area contributed by atoms with Gasteiger partial charge in [0.25, 0.3) is 5.91 Å². The molecule has 0 radical (unpaired) electrons. The molecule has 7 heteroatoms.